The lowest BCUT2D eigenvalue weighted by molar-refractivity contribution is 0.102. The standard InChI is InChI=1S/C9H6Cl2N4OS/c1-4-6(17-3-14-4)9(16)15-8-5(10)7(11)12-2-13-8/h2-3H,1H3,(H,12,13,15,16). The van der Waals surface area contributed by atoms with Crippen molar-refractivity contribution < 1.29 is 4.79 Å². The number of amides is 1. The summed E-state index contributed by atoms with van der Waals surface area (Å²) in [4.78, 5) is 23.9. The third-order valence-corrected chi connectivity index (χ3v) is 3.60. The van der Waals surface area contributed by atoms with Crippen molar-refractivity contribution in [2.24, 2.45) is 0 Å². The summed E-state index contributed by atoms with van der Waals surface area (Å²) in [7, 11) is 0. The molecular weight excluding hydrogens is 283 g/mol. The minimum absolute atomic E-state index is 0.0954. The van der Waals surface area contributed by atoms with Crippen LogP contribution in [0.3, 0.4) is 0 Å². The van der Waals surface area contributed by atoms with Crippen LogP contribution in [0.25, 0.3) is 0 Å². The maximum atomic E-state index is 11.9. The summed E-state index contributed by atoms with van der Waals surface area (Å²) in [5, 5.41) is 2.77. The predicted octanol–water partition coefficient (Wildman–Crippen LogP) is 2.80. The summed E-state index contributed by atoms with van der Waals surface area (Å²) in [6.07, 6.45) is 1.23. The molecule has 1 amide bonds. The monoisotopic (exact) mass is 288 g/mol. The zero-order chi connectivity index (χ0) is 12.4. The molecule has 0 aliphatic rings. The largest absolute Gasteiger partial charge is 0.304 e. The Morgan fingerprint density at radius 2 is 2.12 bits per heavy atom. The number of nitrogens with one attached hydrogen (secondary N) is 1. The molecule has 0 radical (unpaired) electrons. The normalized spacial score (nSPS) is 10.3. The minimum Gasteiger partial charge on any atom is -0.304 e. The Morgan fingerprint density at radius 1 is 1.35 bits per heavy atom. The first-order valence-electron chi connectivity index (χ1n) is 4.47. The molecule has 0 aliphatic carbocycles. The fourth-order valence-electron chi connectivity index (χ4n) is 1.12. The number of hydrogen-bond donors (Lipinski definition) is 1. The predicted molar refractivity (Wildman–Crippen MR) is 66.9 cm³/mol. The fourth-order valence-corrected chi connectivity index (χ4v) is 2.10. The molecule has 88 valence electrons. The van der Waals surface area contributed by atoms with Gasteiger partial charge in [0, 0.05) is 0 Å². The molecule has 2 aromatic heterocycles. The van der Waals surface area contributed by atoms with Crippen molar-refractivity contribution in [1.29, 1.82) is 0 Å². The first-order chi connectivity index (χ1) is 8.09. The van der Waals surface area contributed by atoms with Crippen molar-refractivity contribution in [2.75, 3.05) is 5.32 Å². The van der Waals surface area contributed by atoms with E-state index in [9.17, 15) is 4.79 Å². The number of carbonyl (C=O) groups excluding carboxylic acids is 1. The van der Waals surface area contributed by atoms with Gasteiger partial charge in [-0.3, -0.25) is 4.79 Å². The van der Waals surface area contributed by atoms with E-state index in [2.05, 4.69) is 20.3 Å². The zero-order valence-electron chi connectivity index (χ0n) is 8.57. The summed E-state index contributed by atoms with van der Waals surface area (Å²) in [5.74, 6) is -0.133. The Morgan fingerprint density at radius 3 is 2.76 bits per heavy atom. The Labute approximate surface area is 111 Å². The molecule has 8 heteroatoms. The van der Waals surface area contributed by atoms with Crippen LogP contribution in [0.15, 0.2) is 11.8 Å². The molecule has 0 unspecified atom stereocenters. The van der Waals surface area contributed by atoms with Crippen LogP contribution in [-0.4, -0.2) is 20.9 Å². The molecule has 0 aliphatic heterocycles. The van der Waals surface area contributed by atoms with Gasteiger partial charge in [-0.1, -0.05) is 23.2 Å². The lowest BCUT2D eigenvalue weighted by atomic mass is 10.4. The minimum atomic E-state index is -0.318. The van der Waals surface area contributed by atoms with E-state index in [0.29, 0.717) is 10.6 Å². The second kappa shape index (κ2) is 4.95. The molecular formula is C9H6Cl2N4OS. The summed E-state index contributed by atoms with van der Waals surface area (Å²) in [6.45, 7) is 1.75. The maximum Gasteiger partial charge on any atom is 0.268 e. The number of halogens is 2. The van der Waals surface area contributed by atoms with Gasteiger partial charge in [-0.15, -0.1) is 11.3 Å². The number of rotatable bonds is 2. The van der Waals surface area contributed by atoms with Crippen molar-refractivity contribution in [1.82, 2.24) is 15.0 Å². The van der Waals surface area contributed by atoms with Crippen molar-refractivity contribution in [3.05, 3.63) is 32.6 Å². The summed E-state index contributed by atoms with van der Waals surface area (Å²) >= 11 is 12.8. The highest BCUT2D eigenvalue weighted by molar-refractivity contribution is 7.12. The number of anilines is 1. The summed E-state index contributed by atoms with van der Waals surface area (Å²) in [6, 6.07) is 0. The van der Waals surface area contributed by atoms with E-state index in [4.69, 9.17) is 23.2 Å². The molecule has 2 rings (SSSR count). The smallest absolute Gasteiger partial charge is 0.268 e. The third-order valence-electron chi connectivity index (χ3n) is 1.93. The van der Waals surface area contributed by atoms with Gasteiger partial charge in [-0.25, -0.2) is 15.0 Å². The lowest BCUT2D eigenvalue weighted by Gasteiger charge is -2.05. The van der Waals surface area contributed by atoms with Gasteiger partial charge in [0.05, 0.1) is 11.2 Å². The van der Waals surface area contributed by atoms with Gasteiger partial charge < -0.3 is 5.32 Å². The van der Waals surface area contributed by atoms with E-state index < -0.39 is 0 Å². The second-order valence-electron chi connectivity index (χ2n) is 3.05. The maximum absolute atomic E-state index is 11.9. The Hall–Kier alpha value is -1.24. The van der Waals surface area contributed by atoms with Crippen LogP contribution in [0, 0.1) is 6.92 Å². The van der Waals surface area contributed by atoms with Gasteiger partial charge in [-0.2, -0.15) is 0 Å². The quantitative estimate of drug-likeness (QED) is 0.863. The zero-order valence-corrected chi connectivity index (χ0v) is 10.9. The second-order valence-corrected chi connectivity index (χ2v) is 4.64. The average molecular weight is 289 g/mol. The molecule has 17 heavy (non-hydrogen) atoms. The van der Waals surface area contributed by atoms with E-state index in [1.807, 2.05) is 0 Å². The van der Waals surface area contributed by atoms with Gasteiger partial charge in [-0.05, 0) is 6.92 Å². The number of nitrogens with zero attached hydrogens (tertiary/aromatic N) is 3. The Kier molecular flexibility index (Phi) is 3.56. The molecule has 0 bridgehead atoms. The van der Waals surface area contributed by atoms with E-state index in [1.54, 1.807) is 12.4 Å². The van der Waals surface area contributed by atoms with E-state index in [-0.39, 0.29) is 21.9 Å². The number of hydrogen-bond acceptors (Lipinski definition) is 5. The lowest BCUT2D eigenvalue weighted by Crippen LogP contribution is -2.13. The Bertz CT molecular complexity index is 572. The SMILES string of the molecule is Cc1ncsc1C(=O)Nc1ncnc(Cl)c1Cl. The average Bonchev–Trinajstić information content (AvgIpc) is 2.71. The molecule has 0 saturated heterocycles. The van der Waals surface area contributed by atoms with Crippen LogP contribution in [0.4, 0.5) is 5.82 Å². The first kappa shape index (κ1) is 12.2. The van der Waals surface area contributed by atoms with Crippen LogP contribution in [0.2, 0.25) is 10.2 Å². The van der Waals surface area contributed by atoms with Gasteiger partial charge in [0.1, 0.15) is 16.2 Å². The van der Waals surface area contributed by atoms with Crippen LogP contribution >= 0.6 is 34.5 Å². The van der Waals surface area contributed by atoms with Crippen molar-refractivity contribution in [3.63, 3.8) is 0 Å². The van der Waals surface area contributed by atoms with Gasteiger partial charge in [0.15, 0.2) is 11.0 Å². The van der Waals surface area contributed by atoms with Crippen molar-refractivity contribution >= 4 is 46.3 Å². The topological polar surface area (TPSA) is 67.8 Å². The molecule has 2 aromatic rings. The van der Waals surface area contributed by atoms with Gasteiger partial charge in [0.2, 0.25) is 0 Å². The summed E-state index contributed by atoms with van der Waals surface area (Å²) < 4.78 is 0. The number of thiazole rings is 1. The van der Waals surface area contributed by atoms with E-state index in [0.717, 1.165) is 0 Å². The number of aryl methyl sites for hydroxylation is 1. The molecule has 0 aromatic carbocycles. The molecule has 1 N–H and O–H groups in total. The highest BCUT2D eigenvalue weighted by Crippen LogP contribution is 2.26. The van der Waals surface area contributed by atoms with Gasteiger partial charge in [0.25, 0.3) is 5.91 Å². The number of aromatic nitrogens is 3. The molecule has 0 spiro atoms. The fraction of sp³-hybridized carbons (Fsp3) is 0.111. The van der Waals surface area contributed by atoms with Crippen LogP contribution in [0.5, 0.6) is 0 Å². The van der Waals surface area contributed by atoms with E-state index in [1.165, 1.54) is 17.7 Å². The van der Waals surface area contributed by atoms with E-state index >= 15 is 0 Å². The highest BCUT2D eigenvalue weighted by atomic mass is 35.5. The molecule has 0 saturated carbocycles. The number of carbonyl (C=O) groups is 1. The van der Waals surface area contributed by atoms with Crippen molar-refractivity contribution in [2.45, 2.75) is 6.92 Å². The third kappa shape index (κ3) is 2.54. The van der Waals surface area contributed by atoms with Gasteiger partial charge >= 0.3 is 0 Å². The summed E-state index contributed by atoms with van der Waals surface area (Å²) in [5.41, 5.74) is 2.25. The molecule has 5 nitrogen and oxygen atoms in total. The molecule has 2 heterocycles. The first-order valence-corrected chi connectivity index (χ1v) is 6.10. The van der Waals surface area contributed by atoms with Crippen LogP contribution < -0.4 is 5.32 Å². The highest BCUT2D eigenvalue weighted by Gasteiger charge is 2.15. The molecule has 0 fully saturated rings. The van der Waals surface area contributed by atoms with Crippen LogP contribution in [0.1, 0.15) is 15.4 Å². The van der Waals surface area contributed by atoms with Crippen molar-refractivity contribution in [3.8, 4) is 0 Å². The van der Waals surface area contributed by atoms with Crippen LogP contribution in [-0.2, 0) is 0 Å². The Balaban J connectivity index is 2.25. The molecule has 0 atom stereocenters.